The molecule has 5 rings (SSSR count). The zero-order valence-electron chi connectivity index (χ0n) is 17.5. The molecule has 0 atom stereocenters. The molecule has 0 unspecified atom stereocenters. The Hall–Kier alpha value is -3.90. The molecule has 164 valence electrons. The number of halogens is 2. The van der Waals surface area contributed by atoms with Crippen molar-refractivity contribution in [1.82, 2.24) is 14.6 Å². The maximum Gasteiger partial charge on any atom is 0.232 e. The van der Waals surface area contributed by atoms with Crippen molar-refractivity contribution in [3.05, 3.63) is 113 Å². The minimum absolute atomic E-state index is 0.315. The first kappa shape index (κ1) is 21.0. The van der Waals surface area contributed by atoms with E-state index in [9.17, 15) is 4.39 Å². The Morgan fingerprint density at radius 3 is 2.48 bits per heavy atom. The molecular weight excluding hydrogens is 441 g/mol. The van der Waals surface area contributed by atoms with Crippen molar-refractivity contribution in [2.75, 3.05) is 0 Å². The van der Waals surface area contributed by atoms with Crippen LogP contribution >= 0.6 is 11.6 Å². The van der Waals surface area contributed by atoms with Crippen LogP contribution < -0.4 is 9.47 Å². The van der Waals surface area contributed by atoms with Crippen molar-refractivity contribution in [2.24, 2.45) is 0 Å². The number of nitrogens with zero attached hydrogens (tertiary/aromatic N) is 3. The zero-order valence-corrected chi connectivity index (χ0v) is 18.2. The molecule has 5 aromatic rings. The number of fused-ring (bicyclic) bond motifs is 1. The fourth-order valence-corrected chi connectivity index (χ4v) is 3.68. The molecule has 0 radical (unpaired) electrons. The molecule has 2 heterocycles. The Bertz CT molecular complexity index is 1410. The van der Waals surface area contributed by atoms with Crippen molar-refractivity contribution in [2.45, 2.75) is 13.2 Å². The zero-order chi connectivity index (χ0) is 22.6. The minimum Gasteiger partial charge on any atom is -0.488 e. The summed E-state index contributed by atoms with van der Waals surface area (Å²) < 4.78 is 27.5. The largest absolute Gasteiger partial charge is 0.488 e. The first-order valence-electron chi connectivity index (χ1n) is 10.3. The van der Waals surface area contributed by atoms with Crippen LogP contribution in [0.25, 0.3) is 16.9 Å². The molecule has 5 nitrogen and oxygen atoms in total. The number of aromatic nitrogens is 3. The lowest BCUT2D eigenvalue weighted by molar-refractivity contribution is 0.289. The standard InChI is InChI=1S/C26H19ClFN3O2/c27-20-8-4-7-19(13-20)17-33-26-12-11-25-29-15-23(31(25)30-26)22-10-9-21(28)14-24(22)32-16-18-5-2-1-3-6-18/h1-15H,16-17H2. The maximum absolute atomic E-state index is 14.0. The summed E-state index contributed by atoms with van der Waals surface area (Å²) in [6, 6.07) is 25.2. The first-order chi connectivity index (χ1) is 16.2. The number of imidazole rings is 1. The SMILES string of the molecule is Fc1ccc(-c2cnc3ccc(OCc4cccc(Cl)c4)nn23)c(OCc2ccccc2)c1. The number of hydrogen-bond donors (Lipinski definition) is 0. The van der Waals surface area contributed by atoms with E-state index in [0.717, 1.165) is 11.1 Å². The summed E-state index contributed by atoms with van der Waals surface area (Å²) in [5, 5.41) is 5.23. The number of benzene rings is 3. The van der Waals surface area contributed by atoms with Gasteiger partial charge in [0.15, 0.2) is 5.65 Å². The van der Waals surface area contributed by atoms with Crippen LogP contribution in [0.5, 0.6) is 11.6 Å². The van der Waals surface area contributed by atoms with Gasteiger partial charge < -0.3 is 9.47 Å². The molecule has 0 aliphatic rings. The van der Waals surface area contributed by atoms with E-state index in [1.807, 2.05) is 60.7 Å². The van der Waals surface area contributed by atoms with E-state index in [1.165, 1.54) is 12.1 Å². The summed E-state index contributed by atoms with van der Waals surface area (Å²) in [4.78, 5) is 4.43. The van der Waals surface area contributed by atoms with Gasteiger partial charge in [0.2, 0.25) is 5.88 Å². The highest BCUT2D eigenvalue weighted by atomic mass is 35.5. The van der Waals surface area contributed by atoms with Gasteiger partial charge in [0.05, 0.1) is 11.9 Å². The average Bonchev–Trinajstić information content (AvgIpc) is 3.25. The third-order valence-corrected chi connectivity index (χ3v) is 5.31. The molecule has 0 aliphatic carbocycles. The Morgan fingerprint density at radius 2 is 1.64 bits per heavy atom. The molecule has 0 spiro atoms. The fourth-order valence-electron chi connectivity index (χ4n) is 3.46. The number of hydrogen-bond acceptors (Lipinski definition) is 4. The lowest BCUT2D eigenvalue weighted by Crippen LogP contribution is -2.02. The van der Waals surface area contributed by atoms with Crippen LogP contribution in [0.2, 0.25) is 5.02 Å². The van der Waals surface area contributed by atoms with Crippen LogP contribution in [0.15, 0.2) is 91.1 Å². The highest BCUT2D eigenvalue weighted by Crippen LogP contribution is 2.32. The van der Waals surface area contributed by atoms with Crippen molar-refractivity contribution < 1.29 is 13.9 Å². The van der Waals surface area contributed by atoms with Gasteiger partial charge in [-0.15, -0.1) is 5.10 Å². The minimum atomic E-state index is -0.380. The summed E-state index contributed by atoms with van der Waals surface area (Å²) in [6.07, 6.45) is 1.69. The first-order valence-corrected chi connectivity index (χ1v) is 10.7. The molecule has 2 aromatic heterocycles. The van der Waals surface area contributed by atoms with E-state index in [1.54, 1.807) is 22.8 Å². The van der Waals surface area contributed by atoms with Gasteiger partial charge in [0, 0.05) is 22.7 Å². The predicted molar refractivity (Wildman–Crippen MR) is 125 cm³/mol. The smallest absolute Gasteiger partial charge is 0.232 e. The molecular formula is C26H19ClFN3O2. The number of rotatable bonds is 7. The van der Waals surface area contributed by atoms with Crippen LogP contribution in [0, 0.1) is 5.82 Å². The van der Waals surface area contributed by atoms with E-state index in [2.05, 4.69) is 10.1 Å². The molecule has 0 aliphatic heterocycles. The molecule has 7 heteroatoms. The van der Waals surface area contributed by atoms with Gasteiger partial charge in [0.1, 0.15) is 24.8 Å². The Morgan fingerprint density at radius 1 is 0.818 bits per heavy atom. The van der Waals surface area contributed by atoms with Gasteiger partial charge in [-0.05, 0) is 41.5 Å². The number of ether oxygens (including phenoxy) is 2. The van der Waals surface area contributed by atoms with Gasteiger partial charge in [-0.1, -0.05) is 54.1 Å². The molecule has 0 fully saturated rings. The van der Waals surface area contributed by atoms with Crippen LogP contribution in [0.1, 0.15) is 11.1 Å². The van der Waals surface area contributed by atoms with E-state index < -0.39 is 0 Å². The Labute approximate surface area is 195 Å². The van der Waals surface area contributed by atoms with Crippen molar-refractivity contribution in [3.63, 3.8) is 0 Å². The lowest BCUT2D eigenvalue weighted by atomic mass is 10.1. The van der Waals surface area contributed by atoms with Gasteiger partial charge in [-0.2, -0.15) is 0 Å². The van der Waals surface area contributed by atoms with Gasteiger partial charge >= 0.3 is 0 Å². The van der Waals surface area contributed by atoms with E-state index in [-0.39, 0.29) is 5.82 Å². The van der Waals surface area contributed by atoms with E-state index in [4.69, 9.17) is 21.1 Å². The molecule has 0 saturated heterocycles. The van der Waals surface area contributed by atoms with Crippen molar-refractivity contribution in [3.8, 4) is 22.9 Å². The van der Waals surface area contributed by atoms with Gasteiger partial charge in [0.25, 0.3) is 0 Å². The second kappa shape index (κ2) is 9.30. The normalized spacial score (nSPS) is 11.0. The monoisotopic (exact) mass is 459 g/mol. The maximum atomic E-state index is 14.0. The van der Waals surface area contributed by atoms with Gasteiger partial charge in [-0.3, -0.25) is 0 Å². The molecule has 3 aromatic carbocycles. The van der Waals surface area contributed by atoms with Crippen LogP contribution in [-0.4, -0.2) is 14.6 Å². The highest BCUT2D eigenvalue weighted by Gasteiger charge is 2.15. The van der Waals surface area contributed by atoms with E-state index in [0.29, 0.717) is 46.8 Å². The Kier molecular flexibility index (Phi) is 5.91. The topological polar surface area (TPSA) is 48.7 Å². The quantitative estimate of drug-likeness (QED) is 0.284. The van der Waals surface area contributed by atoms with Crippen LogP contribution in [0.4, 0.5) is 4.39 Å². The molecule has 0 bridgehead atoms. The summed E-state index contributed by atoms with van der Waals surface area (Å²) in [6.45, 7) is 0.639. The molecule has 0 saturated carbocycles. The second-order valence-corrected chi connectivity index (χ2v) is 7.85. The van der Waals surface area contributed by atoms with E-state index >= 15 is 0 Å². The predicted octanol–water partition coefficient (Wildman–Crippen LogP) is 6.35. The average molecular weight is 460 g/mol. The third-order valence-electron chi connectivity index (χ3n) is 5.07. The highest BCUT2D eigenvalue weighted by molar-refractivity contribution is 6.30. The van der Waals surface area contributed by atoms with Crippen LogP contribution in [-0.2, 0) is 13.2 Å². The Balaban J connectivity index is 1.44. The molecule has 0 N–H and O–H groups in total. The third kappa shape index (κ3) is 4.81. The van der Waals surface area contributed by atoms with Crippen molar-refractivity contribution >= 4 is 17.2 Å². The summed E-state index contributed by atoms with van der Waals surface area (Å²) in [5.74, 6) is 0.456. The summed E-state index contributed by atoms with van der Waals surface area (Å²) >= 11 is 6.05. The fraction of sp³-hybridized carbons (Fsp3) is 0.0769. The van der Waals surface area contributed by atoms with Crippen molar-refractivity contribution in [1.29, 1.82) is 0 Å². The van der Waals surface area contributed by atoms with Crippen LogP contribution in [0.3, 0.4) is 0 Å². The molecule has 0 amide bonds. The second-order valence-electron chi connectivity index (χ2n) is 7.42. The summed E-state index contributed by atoms with van der Waals surface area (Å²) in [7, 11) is 0. The lowest BCUT2D eigenvalue weighted by Gasteiger charge is -2.12. The molecule has 33 heavy (non-hydrogen) atoms. The summed E-state index contributed by atoms with van der Waals surface area (Å²) in [5.41, 5.74) is 3.91. The van der Waals surface area contributed by atoms with Gasteiger partial charge in [-0.25, -0.2) is 13.9 Å².